The van der Waals surface area contributed by atoms with Crippen molar-refractivity contribution in [1.29, 1.82) is 5.41 Å². The molecule has 0 radical (unpaired) electrons. The molecule has 0 fully saturated rings. The quantitative estimate of drug-likeness (QED) is 0.585. The second kappa shape index (κ2) is 6.13. The third-order valence-electron chi connectivity index (χ3n) is 2.81. The number of pyridine rings is 1. The number of halogens is 1. The van der Waals surface area contributed by atoms with Crippen molar-refractivity contribution in [3.63, 3.8) is 0 Å². The second-order valence-electron chi connectivity index (χ2n) is 4.33. The first-order valence-electron chi connectivity index (χ1n) is 6.35. The van der Waals surface area contributed by atoms with Crippen LogP contribution in [0.15, 0.2) is 53.7 Å². The van der Waals surface area contributed by atoms with Gasteiger partial charge in [0.15, 0.2) is 0 Å². The Kier molecular flexibility index (Phi) is 4.27. The maximum atomic E-state index is 13.4. The summed E-state index contributed by atoms with van der Waals surface area (Å²) in [4.78, 5) is 16.3. The summed E-state index contributed by atoms with van der Waals surface area (Å²) < 4.78 is 13.4. The van der Waals surface area contributed by atoms with E-state index in [4.69, 9.17) is 5.41 Å². The fourth-order valence-corrected chi connectivity index (χ4v) is 1.85. The number of likely N-dealkylation sites (N-methyl/N-ethyl adjacent to an activating group) is 1. The summed E-state index contributed by atoms with van der Waals surface area (Å²) in [6.45, 7) is 2.23. The molecule has 0 aliphatic heterocycles. The lowest BCUT2D eigenvalue weighted by atomic mass is 9.99. The smallest absolute Gasteiger partial charge is 0.227 e. The van der Waals surface area contributed by atoms with Crippen molar-refractivity contribution in [1.82, 2.24) is 10.3 Å². The monoisotopic (exact) mass is 287 g/mol. The Morgan fingerprint density at radius 1 is 1.43 bits per heavy atom. The van der Waals surface area contributed by atoms with Gasteiger partial charge in [0.05, 0.1) is 17.6 Å². The number of rotatable bonds is 4. The standard InChI is InChI=1S/C15H14FN3O2/c1-2-18-14(11-7-9(16)3-5-12(11)17)15(21)13-6-4-10(20)8-19-13/h3-8,17-18,20H,2H2,1H3/b14-11-,17-12?. The summed E-state index contributed by atoms with van der Waals surface area (Å²) in [6.07, 6.45) is 4.75. The predicted molar refractivity (Wildman–Crippen MR) is 77.0 cm³/mol. The number of nitrogens with one attached hydrogen (secondary N) is 2. The SMILES string of the molecule is CCN/C(C(=O)c1ccc(O)cn1)=C1/C=C(F)C=CC1=N. The van der Waals surface area contributed by atoms with Crippen molar-refractivity contribution < 1.29 is 14.3 Å². The molecule has 3 N–H and O–H groups in total. The molecule has 2 rings (SSSR count). The van der Waals surface area contributed by atoms with Crippen LogP contribution in [0.1, 0.15) is 17.4 Å². The van der Waals surface area contributed by atoms with E-state index in [0.29, 0.717) is 6.54 Å². The van der Waals surface area contributed by atoms with E-state index in [9.17, 15) is 14.3 Å². The highest BCUT2D eigenvalue weighted by Crippen LogP contribution is 2.19. The molecule has 1 aromatic rings. The van der Waals surface area contributed by atoms with Crippen molar-refractivity contribution in [2.24, 2.45) is 0 Å². The van der Waals surface area contributed by atoms with Crippen molar-refractivity contribution in [2.75, 3.05) is 6.54 Å². The van der Waals surface area contributed by atoms with Crippen LogP contribution in [0, 0.1) is 5.41 Å². The maximum absolute atomic E-state index is 13.4. The van der Waals surface area contributed by atoms with Crippen LogP contribution in [-0.4, -0.2) is 28.1 Å². The fourth-order valence-electron chi connectivity index (χ4n) is 1.85. The largest absolute Gasteiger partial charge is 0.506 e. The molecule has 0 atom stereocenters. The summed E-state index contributed by atoms with van der Waals surface area (Å²) >= 11 is 0. The summed E-state index contributed by atoms with van der Waals surface area (Å²) in [5.74, 6) is -1.04. The van der Waals surface area contributed by atoms with Gasteiger partial charge in [0.25, 0.3) is 0 Å². The number of hydrogen-bond donors (Lipinski definition) is 3. The van der Waals surface area contributed by atoms with Crippen LogP contribution >= 0.6 is 0 Å². The molecule has 0 saturated heterocycles. The lowest BCUT2D eigenvalue weighted by Gasteiger charge is -2.14. The van der Waals surface area contributed by atoms with Crippen LogP contribution in [-0.2, 0) is 0 Å². The molecule has 1 heterocycles. The van der Waals surface area contributed by atoms with Gasteiger partial charge in [-0.3, -0.25) is 4.79 Å². The van der Waals surface area contributed by atoms with Crippen LogP contribution in [0.25, 0.3) is 0 Å². The minimum atomic E-state index is -0.525. The van der Waals surface area contributed by atoms with Crippen molar-refractivity contribution in [3.8, 4) is 5.75 Å². The Morgan fingerprint density at radius 3 is 2.81 bits per heavy atom. The molecule has 0 unspecified atom stereocenters. The van der Waals surface area contributed by atoms with Gasteiger partial charge in [0.2, 0.25) is 5.78 Å². The highest BCUT2D eigenvalue weighted by Gasteiger charge is 2.20. The summed E-state index contributed by atoms with van der Waals surface area (Å²) in [5.41, 5.74) is 0.434. The number of allylic oxidation sites excluding steroid dienone is 6. The average Bonchev–Trinajstić information content (AvgIpc) is 2.48. The molecule has 6 heteroatoms. The zero-order valence-electron chi connectivity index (χ0n) is 11.4. The number of hydrogen-bond acceptors (Lipinski definition) is 5. The first kappa shape index (κ1) is 14.6. The van der Waals surface area contributed by atoms with Gasteiger partial charge in [-0.05, 0) is 37.3 Å². The Labute approximate surface area is 121 Å². The molecule has 0 spiro atoms. The minimum Gasteiger partial charge on any atom is -0.506 e. The Balaban J connectivity index is 2.48. The number of Topliss-reactive ketones (excluding diaryl/α,β-unsaturated/α-hetero) is 1. The van der Waals surface area contributed by atoms with Gasteiger partial charge in [0, 0.05) is 12.1 Å². The maximum Gasteiger partial charge on any atom is 0.227 e. The lowest BCUT2D eigenvalue weighted by Crippen LogP contribution is -2.25. The molecule has 1 aliphatic rings. The van der Waals surface area contributed by atoms with Crippen LogP contribution in [0.3, 0.4) is 0 Å². The molecule has 1 aromatic heterocycles. The molecule has 0 amide bonds. The zero-order chi connectivity index (χ0) is 15.4. The fraction of sp³-hybridized carbons (Fsp3) is 0.133. The number of aromatic hydroxyl groups is 1. The molecule has 0 saturated carbocycles. The molecule has 1 aliphatic carbocycles. The lowest BCUT2D eigenvalue weighted by molar-refractivity contribution is 0.102. The molecule has 21 heavy (non-hydrogen) atoms. The number of aromatic nitrogens is 1. The Hall–Kier alpha value is -2.76. The van der Waals surface area contributed by atoms with Gasteiger partial charge in [-0.25, -0.2) is 9.37 Å². The predicted octanol–water partition coefficient (Wildman–Crippen LogP) is 2.28. The highest BCUT2D eigenvalue weighted by molar-refractivity contribution is 6.18. The van der Waals surface area contributed by atoms with Crippen molar-refractivity contribution in [3.05, 3.63) is 59.3 Å². The number of ketones is 1. The first-order chi connectivity index (χ1) is 10.0. The van der Waals surface area contributed by atoms with E-state index < -0.39 is 11.6 Å². The third kappa shape index (κ3) is 3.22. The molecule has 5 nitrogen and oxygen atoms in total. The first-order valence-corrected chi connectivity index (χ1v) is 6.35. The molecule has 0 aromatic carbocycles. The zero-order valence-corrected chi connectivity index (χ0v) is 11.4. The van der Waals surface area contributed by atoms with Crippen LogP contribution in [0.2, 0.25) is 0 Å². The molecule has 108 valence electrons. The van der Waals surface area contributed by atoms with Gasteiger partial charge in [-0.2, -0.15) is 0 Å². The van der Waals surface area contributed by atoms with Crippen molar-refractivity contribution >= 4 is 11.5 Å². The highest BCUT2D eigenvalue weighted by atomic mass is 19.1. The van der Waals surface area contributed by atoms with E-state index in [1.54, 1.807) is 6.92 Å². The topological polar surface area (TPSA) is 86.1 Å². The minimum absolute atomic E-state index is 0.0412. The summed E-state index contributed by atoms with van der Waals surface area (Å²) in [6, 6.07) is 2.72. The van der Waals surface area contributed by atoms with Gasteiger partial charge in [-0.15, -0.1) is 0 Å². The van der Waals surface area contributed by atoms with E-state index in [0.717, 1.165) is 12.3 Å². The van der Waals surface area contributed by atoms with Gasteiger partial charge >= 0.3 is 0 Å². The molecular weight excluding hydrogens is 273 g/mol. The van der Waals surface area contributed by atoms with Crippen molar-refractivity contribution in [2.45, 2.75) is 6.92 Å². The molecular formula is C15H14FN3O2. The summed E-state index contributed by atoms with van der Waals surface area (Å²) in [7, 11) is 0. The van der Waals surface area contributed by atoms with Crippen LogP contribution < -0.4 is 5.32 Å². The normalized spacial score (nSPS) is 16.5. The number of carbonyl (C=O) groups excluding carboxylic acids is 1. The van der Waals surface area contributed by atoms with Crippen LogP contribution in [0.4, 0.5) is 4.39 Å². The second-order valence-corrected chi connectivity index (χ2v) is 4.33. The summed E-state index contributed by atoms with van der Waals surface area (Å²) in [5, 5.41) is 19.9. The molecule has 0 bridgehead atoms. The number of carbonyl (C=O) groups is 1. The van der Waals surface area contributed by atoms with Gasteiger partial charge < -0.3 is 15.8 Å². The van der Waals surface area contributed by atoms with Crippen LogP contribution in [0.5, 0.6) is 5.75 Å². The van der Waals surface area contributed by atoms with Gasteiger partial charge in [0.1, 0.15) is 17.3 Å². The van der Waals surface area contributed by atoms with E-state index in [1.807, 2.05) is 0 Å². The number of nitrogens with zero attached hydrogens (tertiary/aromatic N) is 1. The van der Waals surface area contributed by atoms with E-state index in [-0.39, 0.29) is 28.4 Å². The average molecular weight is 287 g/mol. The van der Waals surface area contributed by atoms with E-state index >= 15 is 0 Å². The Bertz CT molecular complexity index is 673. The van der Waals surface area contributed by atoms with Gasteiger partial charge in [-0.1, -0.05) is 0 Å². The Morgan fingerprint density at radius 2 is 2.19 bits per heavy atom. The third-order valence-corrected chi connectivity index (χ3v) is 2.81. The van der Waals surface area contributed by atoms with E-state index in [1.165, 1.54) is 24.3 Å². The van der Waals surface area contributed by atoms with E-state index in [2.05, 4.69) is 10.3 Å².